The molecule has 0 amide bonds. The van der Waals surface area contributed by atoms with E-state index in [0.717, 1.165) is 41.6 Å². The lowest BCUT2D eigenvalue weighted by Crippen LogP contribution is -2.22. The average molecular weight is 276 g/mol. The van der Waals surface area contributed by atoms with E-state index in [1.165, 1.54) is 10.6 Å². The number of nitrogens with one attached hydrogen (secondary N) is 1. The lowest BCUT2D eigenvalue weighted by atomic mass is 10.2. The number of fused-ring (bicyclic) bond motifs is 1. The average Bonchev–Trinajstić information content (AvgIpc) is 2.90. The zero-order chi connectivity index (χ0) is 13.2. The summed E-state index contributed by atoms with van der Waals surface area (Å²) in [4.78, 5) is 6.08. The largest absolute Gasteiger partial charge is 0.493 e. The van der Waals surface area contributed by atoms with Crippen LogP contribution in [-0.2, 0) is 13.0 Å². The Bertz CT molecular complexity index is 572. The summed E-state index contributed by atoms with van der Waals surface area (Å²) in [7, 11) is 3.30. The van der Waals surface area contributed by atoms with E-state index in [1.54, 1.807) is 25.6 Å². The van der Waals surface area contributed by atoms with Crippen molar-refractivity contribution in [2.45, 2.75) is 13.0 Å². The van der Waals surface area contributed by atoms with Crippen molar-refractivity contribution in [1.29, 1.82) is 0 Å². The van der Waals surface area contributed by atoms with Gasteiger partial charge in [0.25, 0.3) is 0 Å². The van der Waals surface area contributed by atoms with Crippen molar-refractivity contribution in [3.05, 3.63) is 28.8 Å². The molecule has 0 fully saturated rings. The van der Waals surface area contributed by atoms with Gasteiger partial charge in [0.1, 0.15) is 5.01 Å². The Labute approximate surface area is 116 Å². The summed E-state index contributed by atoms with van der Waals surface area (Å²) in [5.74, 6) is 1.49. The second kappa shape index (κ2) is 5.19. The van der Waals surface area contributed by atoms with E-state index in [9.17, 15) is 0 Å². The summed E-state index contributed by atoms with van der Waals surface area (Å²) < 4.78 is 10.6. The van der Waals surface area contributed by atoms with Gasteiger partial charge < -0.3 is 14.8 Å². The van der Waals surface area contributed by atoms with Gasteiger partial charge in [-0.15, -0.1) is 11.3 Å². The fraction of sp³-hybridized carbons (Fsp3) is 0.357. The first-order chi connectivity index (χ1) is 9.31. The molecule has 0 aliphatic carbocycles. The molecule has 0 atom stereocenters. The highest BCUT2D eigenvalue weighted by Gasteiger charge is 2.16. The van der Waals surface area contributed by atoms with E-state index >= 15 is 0 Å². The standard InChI is InChI=1S/C14H16N2O2S/c1-17-11-4-3-9(7-12(11)18-2)14-16-10-5-6-15-8-13(10)19-14/h3-4,7,15H,5-6,8H2,1-2H3. The number of hydrogen-bond donors (Lipinski definition) is 1. The maximum absolute atomic E-state index is 5.34. The summed E-state index contributed by atoms with van der Waals surface area (Å²) in [5.41, 5.74) is 2.31. The van der Waals surface area contributed by atoms with Crippen LogP contribution in [0, 0.1) is 0 Å². The minimum absolute atomic E-state index is 0.742. The normalized spacial score (nSPS) is 14.0. The second-order valence-electron chi connectivity index (χ2n) is 4.39. The van der Waals surface area contributed by atoms with Crippen LogP contribution in [0.25, 0.3) is 10.6 Å². The Balaban J connectivity index is 1.99. The minimum Gasteiger partial charge on any atom is -0.493 e. The molecule has 0 bridgehead atoms. The lowest BCUT2D eigenvalue weighted by molar-refractivity contribution is 0.355. The molecule has 1 aliphatic rings. The Morgan fingerprint density at radius 2 is 2.05 bits per heavy atom. The molecule has 0 radical (unpaired) electrons. The topological polar surface area (TPSA) is 43.4 Å². The fourth-order valence-electron chi connectivity index (χ4n) is 2.22. The summed E-state index contributed by atoms with van der Waals surface area (Å²) in [6.07, 6.45) is 1.01. The zero-order valence-corrected chi connectivity index (χ0v) is 11.8. The molecule has 1 N–H and O–H groups in total. The van der Waals surface area contributed by atoms with E-state index in [2.05, 4.69) is 5.32 Å². The molecule has 3 rings (SSSR count). The molecule has 1 aliphatic heterocycles. The third-order valence-electron chi connectivity index (χ3n) is 3.23. The van der Waals surface area contributed by atoms with Crippen molar-refractivity contribution in [3.63, 3.8) is 0 Å². The van der Waals surface area contributed by atoms with Crippen molar-refractivity contribution in [2.75, 3.05) is 20.8 Å². The Kier molecular flexibility index (Phi) is 3.40. The van der Waals surface area contributed by atoms with Gasteiger partial charge in [-0.1, -0.05) is 0 Å². The number of thiazole rings is 1. The first-order valence-electron chi connectivity index (χ1n) is 6.23. The van der Waals surface area contributed by atoms with Crippen LogP contribution in [0.5, 0.6) is 11.5 Å². The van der Waals surface area contributed by atoms with Gasteiger partial charge in [0, 0.05) is 30.0 Å². The van der Waals surface area contributed by atoms with Crippen LogP contribution < -0.4 is 14.8 Å². The van der Waals surface area contributed by atoms with Gasteiger partial charge in [-0.05, 0) is 18.2 Å². The summed E-state index contributed by atoms with van der Waals surface area (Å²) in [6, 6.07) is 5.93. The van der Waals surface area contributed by atoms with Gasteiger partial charge in [-0.2, -0.15) is 0 Å². The Morgan fingerprint density at radius 1 is 1.21 bits per heavy atom. The van der Waals surface area contributed by atoms with Gasteiger partial charge in [-0.25, -0.2) is 4.98 Å². The van der Waals surface area contributed by atoms with Gasteiger partial charge >= 0.3 is 0 Å². The number of nitrogens with zero attached hydrogens (tertiary/aromatic N) is 1. The molecule has 4 nitrogen and oxygen atoms in total. The fourth-order valence-corrected chi connectivity index (χ4v) is 3.29. The van der Waals surface area contributed by atoms with Crippen LogP contribution in [0.2, 0.25) is 0 Å². The molecule has 0 spiro atoms. The van der Waals surface area contributed by atoms with Crippen molar-refractivity contribution in [3.8, 4) is 22.1 Å². The molecular formula is C14H16N2O2S. The maximum atomic E-state index is 5.34. The highest BCUT2D eigenvalue weighted by molar-refractivity contribution is 7.15. The SMILES string of the molecule is COc1ccc(-c2nc3c(s2)CNCC3)cc1OC. The molecule has 2 aromatic rings. The van der Waals surface area contributed by atoms with Crippen LogP contribution in [-0.4, -0.2) is 25.7 Å². The molecule has 0 unspecified atom stereocenters. The molecule has 0 saturated heterocycles. The first kappa shape index (κ1) is 12.4. The van der Waals surface area contributed by atoms with Crippen molar-refractivity contribution in [1.82, 2.24) is 10.3 Å². The Morgan fingerprint density at radius 3 is 2.79 bits per heavy atom. The quantitative estimate of drug-likeness (QED) is 0.935. The third kappa shape index (κ3) is 2.31. The molecule has 19 heavy (non-hydrogen) atoms. The van der Waals surface area contributed by atoms with Gasteiger partial charge in [0.15, 0.2) is 11.5 Å². The molecule has 5 heteroatoms. The van der Waals surface area contributed by atoms with Crippen LogP contribution in [0.15, 0.2) is 18.2 Å². The van der Waals surface area contributed by atoms with Crippen LogP contribution >= 0.6 is 11.3 Å². The number of aromatic nitrogens is 1. The highest BCUT2D eigenvalue weighted by atomic mass is 32.1. The lowest BCUT2D eigenvalue weighted by Gasteiger charge is -2.09. The minimum atomic E-state index is 0.742. The van der Waals surface area contributed by atoms with E-state index in [-0.39, 0.29) is 0 Å². The summed E-state index contributed by atoms with van der Waals surface area (Å²) in [5, 5.41) is 4.42. The summed E-state index contributed by atoms with van der Waals surface area (Å²) in [6.45, 7) is 1.95. The van der Waals surface area contributed by atoms with Crippen molar-refractivity contribution < 1.29 is 9.47 Å². The van der Waals surface area contributed by atoms with Crippen LogP contribution in [0.1, 0.15) is 10.6 Å². The first-order valence-corrected chi connectivity index (χ1v) is 7.05. The summed E-state index contributed by atoms with van der Waals surface area (Å²) >= 11 is 1.75. The van der Waals surface area contributed by atoms with E-state index in [4.69, 9.17) is 14.5 Å². The molecule has 1 aromatic heterocycles. The maximum Gasteiger partial charge on any atom is 0.161 e. The number of benzene rings is 1. The van der Waals surface area contributed by atoms with Crippen molar-refractivity contribution >= 4 is 11.3 Å². The van der Waals surface area contributed by atoms with E-state index < -0.39 is 0 Å². The Hall–Kier alpha value is -1.59. The number of methoxy groups -OCH3 is 2. The zero-order valence-electron chi connectivity index (χ0n) is 11.0. The molecular weight excluding hydrogens is 260 g/mol. The molecule has 0 saturated carbocycles. The second-order valence-corrected chi connectivity index (χ2v) is 5.47. The van der Waals surface area contributed by atoms with Crippen molar-refractivity contribution in [2.24, 2.45) is 0 Å². The van der Waals surface area contributed by atoms with Crippen LogP contribution in [0.3, 0.4) is 0 Å². The van der Waals surface area contributed by atoms with Gasteiger partial charge in [-0.3, -0.25) is 0 Å². The number of ether oxygens (including phenoxy) is 2. The smallest absolute Gasteiger partial charge is 0.161 e. The predicted octanol–water partition coefficient (Wildman–Crippen LogP) is 2.47. The number of hydrogen-bond acceptors (Lipinski definition) is 5. The molecule has 2 heterocycles. The van der Waals surface area contributed by atoms with Gasteiger partial charge in [0.2, 0.25) is 0 Å². The third-order valence-corrected chi connectivity index (χ3v) is 4.38. The van der Waals surface area contributed by atoms with E-state index in [0.29, 0.717) is 0 Å². The molecule has 100 valence electrons. The van der Waals surface area contributed by atoms with E-state index in [1.807, 2.05) is 18.2 Å². The van der Waals surface area contributed by atoms with Crippen LogP contribution in [0.4, 0.5) is 0 Å². The monoisotopic (exact) mass is 276 g/mol. The highest BCUT2D eigenvalue weighted by Crippen LogP contribution is 2.35. The van der Waals surface area contributed by atoms with Gasteiger partial charge in [0.05, 0.1) is 19.9 Å². The molecule has 1 aromatic carbocycles. The number of rotatable bonds is 3. The predicted molar refractivity (Wildman–Crippen MR) is 76.1 cm³/mol.